The lowest BCUT2D eigenvalue weighted by molar-refractivity contribution is -0.133. The zero-order chi connectivity index (χ0) is 6.85. The van der Waals surface area contributed by atoms with Crippen LogP contribution in [0.2, 0.25) is 0 Å². The van der Waals surface area contributed by atoms with Crippen molar-refractivity contribution in [2.45, 2.75) is 0 Å². The number of amides is 2. The van der Waals surface area contributed by atoms with Gasteiger partial charge in [-0.25, -0.2) is 14.5 Å². The van der Waals surface area contributed by atoms with E-state index in [0.717, 1.165) is 0 Å². The highest BCUT2D eigenvalue weighted by Crippen LogP contribution is 1.99. The summed E-state index contributed by atoms with van der Waals surface area (Å²) in [5.74, 6) is -0.688. The number of cyclic esters (lactones) is 2. The average molecular weight is 129 g/mol. The lowest BCUT2D eigenvalue weighted by Crippen LogP contribution is -2.21. The summed E-state index contributed by atoms with van der Waals surface area (Å²) in [6.45, 7) is -0.262. The summed E-state index contributed by atoms with van der Waals surface area (Å²) in [7, 11) is 0. The van der Waals surface area contributed by atoms with E-state index in [9.17, 15) is 14.4 Å². The van der Waals surface area contributed by atoms with E-state index >= 15 is 0 Å². The SMILES string of the molecule is O=CN1CC(=O)OC1=O. The van der Waals surface area contributed by atoms with Gasteiger partial charge in [0.15, 0.2) is 0 Å². The molecule has 0 atom stereocenters. The van der Waals surface area contributed by atoms with E-state index in [0.29, 0.717) is 4.90 Å². The molecule has 1 aliphatic heterocycles. The van der Waals surface area contributed by atoms with Gasteiger partial charge in [0.2, 0.25) is 6.41 Å². The minimum atomic E-state index is -0.894. The van der Waals surface area contributed by atoms with E-state index in [-0.39, 0.29) is 13.0 Å². The minimum absolute atomic E-state index is 0.257. The standard InChI is InChI=1S/C4H3NO4/c6-2-5-1-3(7)9-4(5)8/h2H,1H2. The first-order valence-corrected chi connectivity index (χ1v) is 2.20. The number of rotatable bonds is 1. The highest BCUT2D eigenvalue weighted by atomic mass is 16.6. The second-order valence-electron chi connectivity index (χ2n) is 1.47. The van der Waals surface area contributed by atoms with Crippen LogP contribution in [0.3, 0.4) is 0 Å². The predicted octanol–water partition coefficient (Wildman–Crippen LogP) is -0.878. The summed E-state index contributed by atoms with van der Waals surface area (Å²) in [4.78, 5) is 30.9. The van der Waals surface area contributed by atoms with Gasteiger partial charge in [-0.15, -0.1) is 0 Å². The molecule has 5 heteroatoms. The summed E-state index contributed by atoms with van der Waals surface area (Å²) in [5.41, 5.74) is 0. The molecule has 1 saturated heterocycles. The van der Waals surface area contributed by atoms with Crippen molar-refractivity contribution < 1.29 is 19.1 Å². The van der Waals surface area contributed by atoms with Gasteiger partial charge >= 0.3 is 12.1 Å². The number of ether oxygens (including phenoxy) is 1. The number of hydrogen-bond donors (Lipinski definition) is 0. The van der Waals surface area contributed by atoms with Crippen molar-refractivity contribution in [3.05, 3.63) is 0 Å². The van der Waals surface area contributed by atoms with Crippen LogP contribution in [-0.4, -0.2) is 29.9 Å². The molecule has 1 heterocycles. The van der Waals surface area contributed by atoms with Crippen LogP contribution in [-0.2, 0) is 14.3 Å². The smallest absolute Gasteiger partial charge is 0.374 e. The maximum Gasteiger partial charge on any atom is 0.424 e. The van der Waals surface area contributed by atoms with E-state index < -0.39 is 12.1 Å². The molecule has 1 rings (SSSR count). The Morgan fingerprint density at radius 3 is 2.44 bits per heavy atom. The quantitative estimate of drug-likeness (QED) is 0.262. The minimum Gasteiger partial charge on any atom is -0.374 e. The molecule has 0 radical (unpaired) electrons. The lowest BCUT2D eigenvalue weighted by Gasteiger charge is -1.95. The zero-order valence-electron chi connectivity index (χ0n) is 4.36. The van der Waals surface area contributed by atoms with E-state index in [1.165, 1.54) is 0 Å². The Morgan fingerprint density at radius 1 is 1.56 bits per heavy atom. The van der Waals surface area contributed by atoms with E-state index in [4.69, 9.17) is 0 Å². The van der Waals surface area contributed by atoms with Gasteiger partial charge in [0.1, 0.15) is 6.54 Å². The van der Waals surface area contributed by atoms with Gasteiger partial charge in [-0.1, -0.05) is 0 Å². The van der Waals surface area contributed by atoms with Gasteiger partial charge in [-0.05, 0) is 0 Å². The fraction of sp³-hybridized carbons (Fsp3) is 0.250. The van der Waals surface area contributed by atoms with Crippen LogP contribution >= 0.6 is 0 Å². The highest BCUT2D eigenvalue weighted by Gasteiger charge is 2.28. The molecule has 1 fully saturated rings. The third-order valence-corrected chi connectivity index (χ3v) is 0.862. The second-order valence-corrected chi connectivity index (χ2v) is 1.47. The Balaban J connectivity index is 2.68. The van der Waals surface area contributed by atoms with Gasteiger partial charge in [-0.3, -0.25) is 4.79 Å². The summed E-state index contributed by atoms with van der Waals surface area (Å²) >= 11 is 0. The molecule has 2 amide bonds. The molecule has 0 aromatic heterocycles. The molecule has 0 aromatic carbocycles. The van der Waals surface area contributed by atoms with Gasteiger partial charge < -0.3 is 4.74 Å². The second kappa shape index (κ2) is 1.85. The van der Waals surface area contributed by atoms with Crippen LogP contribution in [0.1, 0.15) is 0 Å². The molecular weight excluding hydrogens is 126 g/mol. The summed E-state index contributed by atoms with van der Waals surface area (Å²) < 4.78 is 3.98. The van der Waals surface area contributed by atoms with Crippen molar-refractivity contribution in [3.8, 4) is 0 Å². The Morgan fingerprint density at radius 2 is 2.22 bits per heavy atom. The first-order chi connectivity index (χ1) is 4.24. The van der Waals surface area contributed by atoms with Crippen molar-refractivity contribution in [2.75, 3.05) is 6.54 Å². The molecule has 0 aromatic rings. The largest absolute Gasteiger partial charge is 0.424 e. The van der Waals surface area contributed by atoms with Gasteiger partial charge in [0, 0.05) is 0 Å². The van der Waals surface area contributed by atoms with Gasteiger partial charge in [-0.2, -0.15) is 0 Å². The number of hydrogen-bond acceptors (Lipinski definition) is 4. The number of carbonyl (C=O) groups is 3. The Kier molecular flexibility index (Phi) is 1.18. The molecule has 1 aliphatic rings. The van der Waals surface area contributed by atoms with Crippen LogP contribution in [0.5, 0.6) is 0 Å². The first-order valence-electron chi connectivity index (χ1n) is 2.20. The van der Waals surface area contributed by atoms with Crippen molar-refractivity contribution in [1.82, 2.24) is 4.90 Å². The van der Waals surface area contributed by atoms with Crippen molar-refractivity contribution in [3.63, 3.8) is 0 Å². The monoisotopic (exact) mass is 129 g/mol. The first kappa shape index (κ1) is 5.74. The highest BCUT2D eigenvalue weighted by molar-refractivity contribution is 5.98. The number of nitrogens with zero attached hydrogens (tertiary/aromatic N) is 1. The lowest BCUT2D eigenvalue weighted by atomic mass is 10.6. The topological polar surface area (TPSA) is 63.7 Å². The van der Waals surface area contributed by atoms with E-state index in [1.54, 1.807) is 0 Å². The van der Waals surface area contributed by atoms with Crippen molar-refractivity contribution in [2.24, 2.45) is 0 Å². The molecule has 0 spiro atoms. The predicted molar refractivity (Wildman–Crippen MR) is 24.3 cm³/mol. The van der Waals surface area contributed by atoms with E-state index in [2.05, 4.69) is 4.74 Å². The molecule has 48 valence electrons. The normalized spacial score (nSPS) is 18.0. The van der Waals surface area contributed by atoms with Crippen molar-refractivity contribution in [1.29, 1.82) is 0 Å². The van der Waals surface area contributed by atoms with Gasteiger partial charge in [0.25, 0.3) is 0 Å². The molecule has 0 unspecified atom stereocenters. The van der Waals surface area contributed by atoms with Gasteiger partial charge in [0.05, 0.1) is 0 Å². The van der Waals surface area contributed by atoms with Crippen LogP contribution in [0, 0.1) is 0 Å². The zero-order valence-corrected chi connectivity index (χ0v) is 4.36. The number of imide groups is 1. The average Bonchev–Trinajstić information content (AvgIpc) is 2.10. The Labute approximate surface area is 50.2 Å². The molecule has 5 nitrogen and oxygen atoms in total. The third kappa shape index (κ3) is 0.883. The molecule has 0 N–H and O–H groups in total. The fourth-order valence-corrected chi connectivity index (χ4v) is 0.472. The van der Waals surface area contributed by atoms with Crippen molar-refractivity contribution >= 4 is 18.5 Å². The molecule has 0 saturated carbocycles. The summed E-state index contributed by atoms with van der Waals surface area (Å²) in [6.07, 6.45) is -0.636. The molecule has 0 aliphatic carbocycles. The number of esters is 1. The summed E-state index contributed by atoms with van der Waals surface area (Å²) in [6, 6.07) is 0. The third-order valence-electron chi connectivity index (χ3n) is 0.862. The number of carbonyl (C=O) groups excluding carboxylic acids is 3. The summed E-state index contributed by atoms with van der Waals surface area (Å²) in [5, 5.41) is 0. The van der Waals surface area contributed by atoms with Crippen LogP contribution in [0.15, 0.2) is 0 Å². The molecule has 0 bridgehead atoms. The molecular formula is C4H3NO4. The van der Waals surface area contributed by atoms with Crippen LogP contribution in [0.25, 0.3) is 0 Å². The van der Waals surface area contributed by atoms with Crippen LogP contribution < -0.4 is 0 Å². The fourth-order valence-electron chi connectivity index (χ4n) is 0.472. The Hall–Kier alpha value is -1.39. The maximum absolute atomic E-state index is 10.3. The van der Waals surface area contributed by atoms with Crippen LogP contribution in [0.4, 0.5) is 4.79 Å². The Bertz CT molecular complexity index is 175. The maximum atomic E-state index is 10.3. The van der Waals surface area contributed by atoms with E-state index in [1.807, 2.05) is 0 Å². The molecule has 9 heavy (non-hydrogen) atoms.